The summed E-state index contributed by atoms with van der Waals surface area (Å²) in [6.07, 6.45) is 0.0436. The van der Waals surface area contributed by atoms with Crippen LogP contribution in [0.5, 0.6) is 0 Å². The fourth-order valence-electron chi connectivity index (χ4n) is 2.28. The lowest BCUT2D eigenvalue weighted by Gasteiger charge is -2.16. The van der Waals surface area contributed by atoms with Gasteiger partial charge in [-0.15, -0.1) is 10.2 Å². The maximum absolute atomic E-state index is 11.4. The van der Waals surface area contributed by atoms with Crippen molar-refractivity contribution in [3.05, 3.63) is 79.1 Å². The molecule has 0 radical (unpaired) electrons. The first kappa shape index (κ1) is 15.5. The largest absolute Gasteiger partial charge is 0.509 e. The van der Waals surface area contributed by atoms with Crippen LogP contribution >= 0.6 is 0 Å². The maximum Gasteiger partial charge on any atom is 0.331 e. The molecule has 0 amide bonds. The van der Waals surface area contributed by atoms with Gasteiger partial charge < -0.3 is 9.84 Å². The van der Waals surface area contributed by atoms with Gasteiger partial charge in [0.15, 0.2) is 6.10 Å². The normalized spacial score (nSPS) is 11.8. The highest BCUT2D eigenvalue weighted by atomic mass is 16.6. The van der Waals surface area contributed by atoms with Gasteiger partial charge in [-0.3, -0.25) is 0 Å². The Balaban J connectivity index is 1.99. The van der Waals surface area contributed by atoms with E-state index in [4.69, 9.17) is 4.74 Å². The van der Waals surface area contributed by atoms with E-state index in [2.05, 4.69) is 23.4 Å². The molecule has 3 aromatic rings. The molecule has 2 aromatic carbocycles. The Bertz CT molecular complexity index is 897. The van der Waals surface area contributed by atoms with Gasteiger partial charge in [-0.25, -0.2) is 4.79 Å². The third-order valence-electron chi connectivity index (χ3n) is 3.39. The number of aliphatic hydroxyl groups excluding tert-OH is 1. The van der Waals surface area contributed by atoms with Crippen molar-refractivity contribution in [1.29, 1.82) is 0 Å². The van der Waals surface area contributed by atoms with Crippen molar-refractivity contribution >= 4 is 17.0 Å². The number of fused-ring (bicyclic) bond motifs is 1. The molecule has 0 fully saturated rings. The number of carbonyl (C=O) groups is 1. The monoisotopic (exact) mass is 321 g/mol. The number of hydrogen-bond donors (Lipinski definition) is 1. The highest BCUT2D eigenvalue weighted by Crippen LogP contribution is 2.25. The van der Waals surface area contributed by atoms with Gasteiger partial charge in [0.25, 0.3) is 0 Å². The maximum atomic E-state index is 11.4. The van der Waals surface area contributed by atoms with E-state index in [0.717, 1.165) is 17.1 Å². The second kappa shape index (κ2) is 6.37. The van der Waals surface area contributed by atoms with Crippen LogP contribution in [-0.4, -0.2) is 26.1 Å². The van der Waals surface area contributed by atoms with E-state index in [-0.39, 0.29) is 5.76 Å². The summed E-state index contributed by atoms with van der Waals surface area (Å²) in [7, 11) is 0. The van der Waals surface area contributed by atoms with Crippen LogP contribution in [0.3, 0.4) is 0 Å². The minimum atomic E-state index is -0.986. The fourth-order valence-corrected chi connectivity index (χ4v) is 2.28. The number of ether oxygens (including phenoxy) is 1. The Kier molecular flexibility index (Phi) is 4.11. The Morgan fingerprint density at radius 3 is 2.42 bits per heavy atom. The zero-order valence-electron chi connectivity index (χ0n) is 12.8. The van der Waals surface area contributed by atoms with Crippen LogP contribution < -0.4 is 0 Å². The molecule has 3 rings (SSSR count). The molecule has 0 saturated carbocycles. The van der Waals surface area contributed by atoms with Crippen molar-refractivity contribution in [2.45, 2.75) is 6.10 Å². The van der Waals surface area contributed by atoms with E-state index in [0.29, 0.717) is 11.3 Å². The summed E-state index contributed by atoms with van der Waals surface area (Å²) >= 11 is 0. The molecule has 1 heterocycles. The molecule has 1 aromatic heterocycles. The first-order chi connectivity index (χ1) is 11.6. The van der Waals surface area contributed by atoms with E-state index < -0.39 is 12.1 Å². The van der Waals surface area contributed by atoms with E-state index >= 15 is 0 Å². The van der Waals surface area contributed by atoms with Crippen molar-refractivity contribution in [1.82, 2.24) is 15.0 Å². The Morgan fingerprint density at radius 2 is 1.83 bits per heavy atom. The molecule has 120 valence electrons. The second-order valence-electron chi connectivity index (χ2n) is 5.09. The van der Waals surface area contributed by atoms with Crippen LogP contribution in [0.2, 0.25) is 0 Å². The van der Waals surface area contributed by atoms with Crippen LogP contribution in [0.25, 0.3) is 16.7 Å². The van der Waals surface area contributed by atoms with Crippen LogP contribution in [0.15, 0.2) is 73.5 Å². The summed E-state index contributed by atoms with van der Waals surface area (Å²) in [5.41, 5.74) is 2.76. The minimum Gasteiger partial charge on any atom is -0.509 e. The zero-order valence-corrected chi connectivity index (χ0v) is 12.8. The minimum absolute atomic E-state index is 0.277. The number of nitrogens with zero attached hydrogens (tertiary/aromatic N) is 3. The molecule has 0 saturated heterocycles. The van der Waals surface area contributed by atoms with Gasteiger partial charge in [0.1, 0.15) is 16.8 Å². The smallest absolute Gasteiger partial charge is 0.331 e. The van der Waals surface area contributed by atoms with Crippen molar-refractivity contribution in [2.75, 3.05) is 0 Å². The molecule has 24 heavy (non-hydrogen) atoms. The summed E-state index contributed by atoms with van der Waals surface area (Å²) in [5.74, 6) is -0.926. The molecule has 0 bridgehead atoms. The number of aliphatic hydroxyl groups is 1. The molecule has 1 unspecified atom stereocenters. The fraction of sp³-hybridized carbons (Fsp3) is 0.0556. The molecule has 1 N–H and O–H groups in total. The molecular weight excluding hydrogens is 306 g/mol. The zero-order chi connectivity index (χ0) is 17.1. The molecule has 6 nitrogen and oxygen atoms in total. The van der Waals surface area contributed by atoms with Crippen molar-refractivity contribution in [2.24, 2.45) is 0 Å². The summed E-state index contributed by atoms with van der Waals surface area (Å²) in [6, 6.07) is 14.5. The van der Waals surface area contributed by atoms with Crippen LogP contribution in [0, 0.1) is 0 Å². The SMILES string of the molecule is C=CC(=O)OC(C(=C)O)c1cccc(-n2nc3ccccc3n2)c1. The van der Waals surface area contributed by atoms with Crippen molar-refractivity contribution in [3.8, 4) is 5.69 Å². The third kappa shape index (κ3) is 3.03. The summed E-state index contributed by atoms with van der Waals surface area (Å²) in [6.45, 7) is 6.81. The number of benzene rings is 2. The third-order valence-corrected chi connectivity index (χ3v) is 3.39. The lowest BCUT2D eigenvalue weighted by atomic mass is 10.1. The van der Waals surface area contributed by atoms with E-state index in [1.807, 2.05) is 30.3 Å². The predicted octanol–water partition coefficient (Wildman–Crippen LogP) is 3.26. The lowest BCUT2D eigenvalue weighted by Crippen LogP contribution is -2.12. The second-order valence-corrected chi connectivity index (χ2v) is 5.09. The topological polar surface area (TPSA) is 77.2 Å². The average Bonchev–Trinajstić information content (AvgIpc) is 3.03. The molecule has 0 aliphatic rings. The van der Waals surface area contributed by atoms with Crippen LogP contribution in [-0.2, 0) is 9.53 Å². The molecule has 0 aliphatic heterocycles. The Labute approximate surface area is 138 Å². The Hall–Kier alpha value is -3.41. The number of hydrogen-bond acceptors (Lipinski definition) is 5. The van der Waals surface area contributed by atoms with E-state index in [1.54, 1.807) is 18.2 Å². The van der Waals surface area contributed by atoms with E-state index in [1.165, 1.54) is 4.80 Å². The molecule has 0 aliphatic carbocycles. The summed E-state index contributed by atoms with van der Waals surface area (Å²) < 4.78 is 5.14. The molecule has 0 spiro atoms. The quantitative estimate of drug-likeness (QED) is 0.443. The van der Waals surface area contributed by atoms with Crippen LogP contribution in [0.4, 0.5) is 0 Å². The van der Waals surface area contributed by atoms with Crippen LogP contribution in [0.1, 0.15) is 11.7 Å². The lowest BCUT2D eigenvalue weighted by molar-refractivity contribution is -0.142. The number of esters is 1. The number of carbonyl (C=O) groups excluding carboxylic acids is 1. The van der Waals surface area contributed by atoms with Gasteiger partial charge >= 0.3 is 5.97 Å². The summed E-state index contributed by atoms with van der Waals surface area (Å²) in [4.78, 5) is 12.9. The molecule has 1 atom stereocenters. The van der Waals surface area contributed by atoms with Gasteiger partial charge in [0, 0.05) is 11.6 Å². The predicted molar refractivity (Wildman–Crippen MR) is 89.7 cm³/mol. The number of aromatic nitrogens is 3. The van der Waals surface area contributed by atoms with Gasteiger partial charge in [0.05, 0.1) is 5.69 Å². The average molecular weight is 321 g/mol. The van der Waals surface area contributed by atoms with Gasteiger partial charge in [0.2, 0.25) is 0 Å². The molecule has 6 heteroatoms. The summed E-state index contributed by atoms with van der Waals surface area (Å²) in [5, 5.41) is 18.5. The molecular formula is C18H15N3O3. The first-order valence-corrected chi connectivity index (χ1v) is 7.21. The standard InChI is InChI=1S/C18H15N3O3/c1-3-17(23)24-18(12(2)22)13-7-6-8-14(11-13)21-19-15-9-4-5-10-16(15)20-21/h3-11,18,22H,1-2H2. The first-order valence-electron chi connectivity index (χ1n) is 7.21. The highest BCUT2D eigenvalue weighted by Gasteiger charge is 2.19. The van der Waals surface area contributed by atoms with Gasteiger partial charge in [-0.2, -0.15) is 4.80 Å². The highest BCUT2D eigenvalue weighted by molar-refractivity contribution is 5.81. The Morgan fingerprint density at radius 1 is 1.17 bits per heavy atom. The van der Waals surface area contributed by atoms with Gasteiger partial charge in [-0.1, -0.05) is 37.4 Å². The van der Waals surface area contributed by atoms with Gasteiger partial charge in [-0.05, 0) is 24.3 Å². The van der Waals surface area contributed by atoms with Crippen molar-refractivity contribution in [3.63, 3.8) is 0 Å². The van der Waals surface area contributed by atoms with E-state index in [9.17, 15) is 9.90 Å². The van der Waals surface area contributed by atoms with Crippen molar-refractivity contribution < 1.29 is 14.6 Å². The number of rotatable bonds is 5.